The molecule has 2 nitrogen and oxygen atoms in total. The van der Waals surface area contributed by atoms with Gasteiger partial charge in [0, 0.05) is 0 Å². The smallest absolute Gasteiger partial charge is 0.206 e. The fourth-order valence-electron chi connectivity index (χ4n) is 1.13. The third-order valence-electron chi connectivity index (χ3n) is 2.18. The normalized spacial score (nSPS) is 11.8. The van der Waals surface area contributed by atoms with Gasteiger partial charge in [0.25, 0.3) is 0 Å². The summed E-state index contributed by atoms with van der Waals surface area (Å²) in [6.07, 6.45) is 0. The summed E-state index contributed by atoms with van der Waals surface area (Å²) in [5.41, 5.74) is 0. The van der Waals surface area contributed by atoms with E-state index in [0.29, 0.717) is 11.0 Å². The second-order valence-corrected chi connectivity index (χ2v) is 4.76. The summed E-state index contributed by atoms with van der Waals surface area (Å²) in [6, 6.07) is 0. The molecule has 18 heavy (non-hydrogen) atoms. The average molecular weight is 270 g/mol. The molecule has 0 spiro atoms. The molecule has 0 aliphatic carbocycles. The minimum absolute atomic E-state index is 0.165. The number of halogens is 5. The molecule has 0 radical (unpaired) electrons. The molecule has 7 heteroatoms. The number of hydrogen-bond acceptors (Lipinski definition) is 1. The lowest BCUT2D eigenvalue weighted by atomic mass is 10.2. The summed E-state index contributed by atoms with van der Waals surface area (Å²) in [5.74, 6) is -11.3. The maximum absolute atomic E-state index is 13.2. The standard InChI is InChI=1S/C11H13F5NO/c1-17(2,3)4-5-18-11-9(15)7(13)6(12)8(14)10(11)16/h4-5H2,1-3H3/q+1. The highest BCUT2D eigenvalue weighted by atomic mass is 19.2. The lowest BCUT2D eigenvalue weighted by Gasteiger charge is -2.23. The molecule has 1 aromatic carbocycles. The quantitative estimate of drug-likeness (QED) is 0.353. The van der Waals surface area contributed by atoms with Gasteiger partial charge in [-0.15, -0.1) is 0 Å². The Bertz CT molecular complexity index is 427. The SMILES string of the molecule is C[N+](C)(C)CCOc1c(F)c(F)c(F)c(F)c1F. The van der Waals surface area contributed by atoms with Crippen LogP contribution in [0.5, 0.6) is 5.75 Å². The predicted octanol–water partition coefficient (Wildman–Crippen LogP) is 2.47. The van der Waals surface area contributed by atoms with E-state index in [2.05, 4.69) is 4.74 Å². The van der Waals surface area contributed by atoms with Gasteiger partial charge in [0.1, 0.15) is 13.2 Å². The molecule has 0 fully saturated rings. The van der Waals surface area contributed by atoms with Crippen LogP contribution in [0.3, 0.4) is 0 Å². The highest BCUT2D eigenvalue weighted by Gasteiger charge is 2.27. The van der Waals surface area contributed by atoms with Crippen molar-refractivity contribution in [3.8, 4) is 5.75 Å². The van der Waals surface area contributed by atoms with Crippen LogP contribution < -0.4 is 4.74 Å². The van der Waals surface area contributed by atoms with Gasteiger partial charge in [-0.1, -0.05) is 0 Å². The van der Waals surface area contributed by atoms with Crippen molar-refractivity contribution >= 4 is 0 Å². The van der Waals surface area contributed by atoms with E-state index in [1.807, 2.05) is 0 Å². The maximum atomic E-state index is 13.2. The summed E-state index contributed by atoms with van der Waals surface area (Å²) < 4.78 is 69.8. The van der Waals surface area contributed by atoms with Crippen molar-refractivity contribution in [1.82, 2.24) is 0 Å². The number of hydrogen-bond donors (Lipinski definition) is 0. The summed E-state index contributed by atoms with van der Waals surface area (Å²) >= 11 is 0. The second-order valence-electron chi connectivity index (χ2n) is 4.76. The summed E-state index contributed by atoms with van der Waals surface area (Å²) in [4.78, 5) is 0. The summed E-state index contributed by atoms with van der Waals surface area (Å²) in [6.45, 7) is 0.182. The predicted molar refractivity (Wildman–Crippen MR) is 54.6 cm³/mol. The number of benzene rings is 1. The fourth-order valence-corrected chi connectivity index (χ4v) is 1.13. The van der Waals surface area contributed by atoms with Crippen LogP contribution in [0.2, 0.25) is 0 Å². The van der Waals surface area contributed by atoms with E-state index in [0.717, 1.165) is 0 Å². The number of quaternary nitrogens is 1. The Morgan fingerprint density at radius 1 is 0.778 bits per heavy atom. The fraction of sp³-hybridized carbons (Fsp3) is 0.455. The van der Waals surface area contributed by atoms with Crippen molar-refractivity contribution in [1.29, 1.82) is 0 Å². The summed E-state index contributed by atoms with van der Waals surface area (Å²) in [5, 5.41) is 0. The first-order valence-corrected chi connectivity index (χ1v) is 5.10. The van der Waals surface area contributed by atoms with Crippen LogP contribution in [0.15, 0.2) is 0 Å². The van der Waals surface area contributed by atoms with Gasteiger partial charge in [-0.25, -0.2) is 13.2 Å². The minimum atomic E-state index is -2.19. The number of rotatable bonds is 4. The zero-order valence-corrected chi connectivity index (χ0v) is 10.2. The number of nitrogens with zero attached hydrogens (tertiary/aromatic N) is 1. The van der Waals surface area contributed by atoms with Crippen LogP contribution in [-0.4, -0.2) is 38.8 Å². The third kappa shape index (κ3) is 3.10. The Morgan fingerprint density at radius 3 is 1.56 bits per heavy atom. The van der Waals surface area contributed by atoms with Crippen LogP contribution >= 0.6 is 0 Å². The third-order valence-corrected chi connectivity index (χ3v) is 2.18. The van der Waals surface area contributed by atoms with Gasteiger partial charge in [-0.2, -0.15) is 8.78 Å². The highest BCUT2D eigenvalue weighted by molar-refractivity contribution is 5.29. The van der Waals surface area contributed by atoms with E-state index in [9.17, 15) is 22.0 Å². The second kappa shape index (κ2) is 5.09. The molecule has 0 N–H and O–H groups in total. The Balaban J connectivity index is 2.96. The van der Waals surface area contributed by atoms with Crippen molar-refractivity contribution in [2.24, 2.45) is 0 Å². The zero-order chi connectivity index (χ0) is 14.1. The van der Waals surface area contributed by atoms with Crippen molar-refractivity contribution < 1.29 is 31.2 Å². The van der Waals surface area contributed by atoms with Gasteiger partial charge in [0.15, 0.2) is 5.75 Å². The van der Waals surface area contributed by atoms with Crippen molar-refractivity contribution in [2.45, 2.75) is 0 Å². The van der Waals surface area contributed by atoms with Gasteiger partial charge in [0.05, 0.1) is 21.1 Å². The molecule has 0 atom stereocenters. The largest absolute Gasteiger partial charge is 0.481 e. The molecule has 0 saturated heterocycles. The van der Waals surface area contributed by atoms with Gasteiger partial charge < -0.3 is 9.22 Å². The lowest BCUT2D eigenvalue weighted by Crippen LogP contribution is -2.38. The van der Waals surface area contributed by atoms with E-state index in [1.165, 1.54) is 0 Å². The van der Waals surface area contributed by atoms with Crippen LogP contribution in [0.1, 0.15) is 0 Å². The van der Waals surface area contributed by atoms with E-state index in [1.54, 1.807) is 21.1 Å². The molecule has 1 aromatic rings. The van der Waals surface area contributed by atoms with Gasteiger partial charge in [-0.05, 0) is 0 Å². The average Bonchev–Trinajstić information content (AvgIpc) is 2.27. The molecular formula is C11H13F5NO+. The van der Waals surface area contributed by atoms with Gasteiger partial charge in [0.2, 0.25) is 29.1 Å². The first kappa shape index (κ1) is 14.7. The number of likely N-dealkylation sites (N-methyl/N-ethyl adjacent to an activating group) is 1. The first-order chi connectivity index (χ1) is 8.15. The molecule has 0 aromatic heterocycles. The Kier molecular flexibility index (Phi) is 4.16. The molecule has 0 aliphatic heterocycles. The molecule has 0 heterocycles. The Labute approximate surface area is 101 Å². The van der Waals surface area contributed by atoms with Crippen LogP contribution in [0, 0.1) is 29.1 Å². The van der Waals surface area contributed by atoms with Crippen LogP contribution in [0.25, 0.3) is 0 Å². The van der Waals surface area contributed by atoms with Crippen molar-refractivity contribution in [3.63, 3.8) is 0 Å². The van der Waals surface area contributed by atoms with Crippen LogP contribution in [0.4, 0.5) is 22.0 Å². The van der Waals surface area contributed by atoms with E-state index in [-0.39, 0.29) is 6.61 Å². The lowest BCUT2D eigenvalue weighted by molar-refractivity contribution is -0.870. The van der Waals surface area contributed by atoms with Gasteiger partial charge >= 0.3 is 0 Å². The molecular weight excluding hydrogens is 257 g/mol. The highest BCUT2D eigenvalue weighted by Crippen LogP contribution is 2.28. The molecule has 0 saturated carbocycles. The van der Waals surface area contributed by atoms with Crippen molar-refractivity contribution in [2.75, 3.05) is 34.3 Å². The Morgan fingerprint density at radius 2 is 1.17 bits per heavy atom. The van der Waals surface area contributed by atoms with Crippen LogP contribution in [-0.2, 0) is 0 Å². The summed E-state index contributed by atoms with van der Waals surface area (Å²) in [7, 11) is 5.38. The molecule has 0 bridgehead atoms. The number of ether oxygens (including phenoxy) is 1. The van der Waals surface area contributed by atoms with Crippen molar-refractivity contribution in [3.05, 3.63) is 29.1 Å². The molecule has 1 rings (SSSR count). The van der Waals surface area contributed by atoms with Gasteiger partial charge in [-0.3, -0.25) is 0 Å². The van der Waals surface area contributed by atoms with E-state index >= 15 is 0 Å². The van der Waals surface area contributed by atoms with E-state index < -0.39 is 34.8 Å². The molecule has 102 valence electrons. The van der Waals surface area contributed by atoms with E-state index in [4.69, 9.17) is 0 Å². The molecule has 0 aliphatic rings. The minimum Gasteiger partial charge on any atom is -0.481 e. The topological polar surface area (TPSA) is 9.23 Å². The molecule has 0 unspecified atom stereocenters. The molecule has 0 amide bonds. The first-order valence-electron chi connectivity index (χ1n) is 5.10. The Hall–Kier alpha value is -1.37. The zero-order valence-electron chi connectivity index (χ0n) is 10.2. The monoisotopic (exact) mass is 270 g/mol. The maximum Gasteiger partial charge on any atom is 0.206 e.